The molecule has 0 saturated carbocycles. The zero-order valence-corrected chi connectivity index (χ0v) is 13.0. The van der Waals surface area contributed by atoms with Crippen molar-refractivity contribution >= 4 is 39.1 Å². The smallest absolute Gasteiger partial charge is 0.274 e. The van der Waals surface area contributed by atoms with Gasteiger partial charge in [0.05, 0.1) is 6.61 Å². The van der Waals surface area contributed by atoms with Crippen LogP contribution in [0, 0.1) is 0 Å². The first-order valence-electron chi connectivity index (χ1n) is 5.82. The van der Waals surface area contributed by atoms with Crippen LogP contribution in [-0.2, 0) is 11.3 Å². The molecule has 0 spiro atoms. The number of halogens is 2. The second kappa shape index (κ2) is 6.83. The van der Waals surface area contributed by atoms with Crippen LogP contribution >= 0.6 is 27.5 Å². The van der Waals surface area contributed by atoms with Gasteiger partial charge in [-0.3, -0.25) is 4.79 Å². The lowest BCUT2D eigenvalue weighted by Crippen LogP contribution is -2.15. The van der Waals surface area contributed by atoms with E-state index in [9.17, 15) is 4.79 Å². The molecule has 1 heterocycles. The fourth-order valence-corrected chi connectivity index (χ4v) is 2.33. The van der Waals surface area contributed by atoms with Gasteiger partial charge in [-0.1, -0.05) is 39.7 Å². The number of ether oxygens (including phenoxy) is 1. The average molecular weight is 356 g/mol. The third-order valence-electron chi connectivity index (χ3n) is 2.60. The summed E-state index contributed by atoms with van der Waals surface area (Å²) < 4.78 is 6.01. The molecule has 0 aliphatic heterocycles. The molecule has 0 unspecified atom stereocenters. The van der Waals surface area contributed by atoms with Gasteiger partial charge in [-0.25, -0.2) is 4.98 Å². The van der Waals surface area contributed by atoms with Crippen LogP contribution in [0.3, 0.4) is 0 Å². The summed E-state index contributed by atoms with van der Waals surface area (Å²) in [4.78, 5) is 16.1. The lowest BCUT2D eigenvalue weighted by Gasteiger charge is -2.12. The Morgan fingerprint density at radius 3 is 2.80 bits per heavy atom. The number of pyridine rings is 1. The highest BCUT2D eigenvalue weighted by Crippen LogP contribution is 2.26. The summed E-state index contributed by atoms with van der Waals surface area (Å²) in [6.07, 6.45) is 0. The number of anilines is 1. The fourth-order valence-electron chi connectivity index (χ4n) is 1.69. The van der Waals surface area contributed by atoms with E-state index in [0.29, 0.717) is 12.3 Å². The number of nitrogens with zero attached hydrogens (tertiary/aromatic N) is 1. The van der Waals surface area contributed by atoms with Crippen molar-refractivity contribution in [3.8, 4) is 0 Å². The van der Waals surface area contributed by atoms with Gasteiger partial charge in [-0.05, 0) is 24.3 Å². The minimum absolute atomic E-state index is 0.265. The van der Waals surface area contributed by atoms with Gasteiger partial charge in [0.25, 0.3) is 5.91 Å². The highest BCUT2D eigenvalue weighted by molar-refractivity contribution is 9.10. The Morgan fingerprint density at radius 2 is 2.10 bits per heavy atom. The second-order valence-electron chi connectivity index (χ2n) is 4.00. The highest BCUT2D eigenvalue weighted by atomic mass is 79.9. The van der Waals surface area contributed by atoms with Crippen LogP contribution in [0.25, 0.3) is 0 Å². The Kier molecular flexibility index (Phi) is 5.11. The third-order valence-corrected chi connectivity index (χ3v) is 3.56. The van der Waals surface area contributed by atoms with Crippen molar-refractivity contribution in [1.82, 2.24) is 4.98 Å². The highest BCUT2D eigenvalue weighted by Gasteiger charge is 2.12. The molecule has 6 heteroatoms. The number of nitrogens with one attached hydrogen (secondary N) is 1. The van der Waals surface area contributed by atoms with E-state index in [1.165, 1.54) is 0 Å². The lowest BCUT2D eigenvalue weighted by molar-refractivity contribution is 0.102. The number of benzene rings is 1. The first-order chi connectivity index (χ1) is 9.61. The Balaban J connectivity index is 2.26. The van der Waals surface area contributed by atoms with Gasteiger partial charge in [0.15, 0.2) is 0 Å². The van der Waals surface area contributed by atoms with E-state index in [2.05, 4.69) is 26.2 Å². The van der Waals surface area contributed by atoms with Crippen molar-refractivity contribution < 1.29 is 9.53 Å². The van der Waals surface area contributed by atoms with Gasteiger partial charge >= 0.3 is 0 Å². The molecule has 1 aromatic heterocycles. The van der Waals surface area contributed by atoms with Crippen molar-refractivity contribution in [2.45, 2.75) is 6.61 Å². The Morgan fingerprint density at radius 1 is 1.35 bits per heavy atom. The number of carbonyl (C=O) groups is 1. The summed E-state index contributed by atoms with van der Waals surface area (Å²) in [5.41, 5.74) is 1.80. The summed E-state index contributed by atoms with van der Waals surface area (Å²) in [7, 11) is 1.60. The van der Waals surface area contributed by atoms with E-state index < -0.39 is 0 Å². The molecule has 1 aromatic carbocycles. The number of hydrogen-bond donors (Lipinski definition) is 1. The summed E-state index contributed by atoms with van der Waals surface area (Å²) in [5.74, 6) is -0.317. The van der Waals surface area contributed by atoms with Gasteiger partial charge in [0.1, 0.15) is 10.8 Å². The molecular weight excluding hydrogens is 344 g/mol. The minimum atomic E-state index is -0.317. The lowest BCUT2D eigenvalue weighted by atomic mass is 10.2. The van der Waals surface area contributed by atoms with Gasteiger partial charge < -0.3 is 10.1 Å². The third kappa shape index (κ3) is 3.56. The van der Waals surface area contributed by atoms with Crippen LogP contribution in [0.15, 0.2) is 40.9 Å². The van der Waals surface area contributed by atoms with E-state index in [0.717, 1.165) is 10.0 Å². The van der Waals surface area contributed by atoms with Crippen molar-refractivity contribution in [3.63, 3.8) is 0 Å². The first kappa shape index (κ1) is 15.0. The van der Waals surface area contributed by atoms with Crippen molar-refractivity contribution in [2.75, 3.05) is 12.4 Å². The SMILES string of the molecule is COCc1c(Br)cccc1NC(=O)c1cccc(Cl)n1. The fraction of sp³-hybridized carbons (Fsp3) is 0.143. The molecule has 2 aromatic rings. The molecule has 0 saturated heterocycles. The Bertz CT molecular complexity index is 634. The van der Waals surface area contributed by atoms with Gasteiger partial charge in [0.2, 0.25) is 0 Å². The van der Waals surface area contributed by atoms with E-state index in [4.69, 9.17) is 16.3 Å². The molecule has 0 aliphatic rings. The van der Waals surface area contributed by atoms with Crippen LogP contribution < -0.4 is 5.32 Å². The molecular formula is C14H12BrClN2O2. The minimum Gasteiger partial charge on any atom is -0.380 e. The molecule has 2 rings (SSSR count). The molecule has 0 atom stereocenters. The number of methoxy groups -OCH3 is 1. The Hall–Kier alpha value is -1.43. The van der Waals surface area contributed by atoms with Crippen LogP contribution in [0.5, 0.6) is 0 Å². The van der Waals surface area contributed by atoms with E-state index in [-0.39, 0.29) is 16.8 Å². The molecule has 20 heavy (non-hydrogen) atoms. The monoisotopic (exact) mass is 354 g/mol. The Labute approximate surface area is 130 Å². The van der Waals surface area contributed by atoms with Crippen molar-refractivity contribution in [1.29, 1.82) is 0 Å². The van der Waals surface area contributed by atoms with Crippen LogP contribution in [0.1, 0.15) is 16.1 Å². The standard InChI is InChI=1S/C14H12BrClN2O2/c1-20-8-9-10(15)4-2-5-11(9)18-14(19)12-6-3-7-13(16)17-12/h2-7H,8H2,1H3,(H,18,19). The van der Waals surface area contributed by atoms with Crippen LogP contribution in [-0.4, -0.2) is 18.0 Å². The van der Waals surface area contributed by atoms with Gasteiger partial charge in [-0.15, -0.1) is 0 Å². The molecule has 0 bridgehead atoms. The zero-order valence-electron chi connectivity index (χ0n) is 10.7. The maximum atomic E-state index is 12.1. The van der Waals surface area contributed by atoms with E-state index in [1.807, 2.05) is 18.2 Å². The summed E-state index contributed by atoms with van der Waals surface area (Å²) in [6, 6.07) is 10.4. The van der Waals surface area contributed by atoms with E-state index in [1.54, 1.807) is 25.3 Å². The van der Waals surface area contributed by atoms with Gasteiger partial charge in [0, 0.05) is 22.8 Å². The number of aromatic nitrogens is 1. The van der Waals surface area contributed by atoms with Gasteiger partial charge in [-0.2, -0.15) is 0 Å². The van der Waals surface area contributed by atoms with Crippen LogP contribution in [0.4, 0.5) is 5.69 Å². The number of amides is 1. The van der Waals surface area contributed by atoms with E-state index >= 15 is 0 Å². The average Bonchev–Trinajstić information content (AvgIpc) is 2.42. The van der Waals surface area contributed by atoms with Crippen molar-refractivity contribution in [3.05, 3.63) is 57.3 Å². The second-order valence-corrected chi connectivity index (χ2v) is 5.24. The molecule has 4 nitrogen and oxygen atoms in total. The topological polar surface area (TPSA) is 51.2 Å². The predicted octanol–water partition coefficient (Wildman–Crippen LogP) is 3.90. The number of carbonyl (C=O) groups excluding carboxylic acids is 1. The normalized spacial score (nSPS) is 10.3. The molecule has 1 amide bonds. The molecule has 0 radical (unpaired) electrons. The number of hydrogen-bond acceptors (Lipinski definition) is 3. The maximum absolute atomic E-state index is 12.1. The zero-order chi connectivity index (χ0) is 14.5. The van der Waals surface area contributed by atoms with Crippen molar-refractivity contribution in [2.24, 2.45) is 0 Å². The quantitative estimate of drug-likeness (QED) is 0.846. The molecule has 1 N–H and O–H groups in total. The summed E-state index contributed by atoms with van der Waals surface area (Å²) >= 11 is 9.22. The molecule has 0 fully saturated rings. The largest absolute Gasteiger partial charge is 0.380 e. The molecule has 0 aliphatic carbocycles. The summed E-state index contributed by atoms with van der Waals surface area (Å²) in [6.45, 7) is 0.389. The predicted molar refractivity (Wildman–Crippen MR) is 82.1 cm³/mol. The number of rotatable bonds is 4. The molecule has 104 valence electrons. The van der Waals surface area contributed by atoms with Crippen LogP contribution in [0.2, 0.25) is 5.15 Å². The maximum Gasteiger partial charge on any atom is 0.274 e. The first-order valence-corrected chi connectivity index (χ1v) is 6.99. The summed E-state index contributed by atoms with van der Waals surface area (Å²) in [5, 5.41) is 3.09.